The van der Waals surface area contributed by atoms with Crippen LogP contribution in [0.3, 0.4) is 0 Å². The largest absolute Gasteiger partial charge is 0.368 e. The van der Waals surface area contributed by atoms with Crippen LogP contribution in [0.25, 0.3) is 0 Å². The molecule has 6 heteroatoms. The van der Waals surface area contributed by atoms with Gasteiger partial charge in [-0.05, 0) is 38.0 Å². The SMILES string of the molecule is CSc1nc(N)nc(NC(C)CCC2=CC=CCC=C2)n1. The molecule has 5 nitrogen and oxygen atoms in total. The minimum absolute atomic E-state index is 0.253. The Morgan fingerprint density at radius 2 is 2.19 bits per heavy atom. The van der Waals surface area contributed by atoms with Crippen molar-refractivity contribution < 1.29 is 0 Å². The summed E-state index contributed by atoms with van der Waals surface area (Å²) in [7, 11) is 0. The van der Waals surface area contributed by atoms with Crippen molar-refractivity contribution in [2.24, 2.45) is 0 Å². The number of nitrogens with zero attached hydrogens (tertiary/aromatic N) is 3. The molecule has 0 bridgehead atoms. The van der Waals surface area contributed by atoms with Crippen LogP contribution in [0.1, 0.15) is 26.2 Å². The number of thioether (sulfide) groups is 1. The molecule has 1 aliphatic rings. The Morgan fingerprint density at radius 3 is 3.00 bits per heavy atom. The molecule has 1 aliphatic carbocycles. The maximum absolute atomic E-state index is 5.68. The third-order valence-electron chi connectivity index (χ3n) is 3.11. The number of nitrogens with two attached hydrogens (primary N) is 1. The van der Waals surface area contributed by atoms with E-state index in [9.17, 15) is 0 Å². The van der Waals surface area contributed by atoms with Crippen molar-refractivity contribution in [3.8, 4) is 0 Å². The minimum Gasteiger partial charge on any atom is -0.368 e. The predicted octanol–water partition coefficient (Wildman–Crippen LogP) is 3.20. The van der Waals surface area contributed by atoms with Gasteiger partial charge < -0.3 is 11.1 Å². The van der Waals surface area contributed by atoms with Gasteiger partial charge in [0.1, 0.15) is 0 Å². The fraction of sp³-hybridized carbons (Fsp3) is 0.400. The molecule has 1 heterocycles. The van der Waals surface area contributed by atoms with E-state index < -0.39 is 0 Å². The second-order valence-electron chi connectivity index (χ2n) is 4.90. The lowest BCUT2D eigenvalue weighted by Gasteiger charge is -2.14. The Morgan fingerprint density at radius 1 is 1.33 bits per heavy atom. The molecule has 0 saturated carbocycles. The lowest BCUT2D eigenvalue weighted by atomic mass is 10.1. The van der Waals surface area contributed by atoms with Gasteiger partial charge in [0.2, 0.25) is 11.9 Å². The van der Waals surface area contributed by atoms with E-state index >= 15 is 0 Å². The average molecular weight is 303 g/mol. The van der Waals surface area contributed by atoms with Gasteiger partial charge in [0.05, 0.1) is 0 Å². The fourth-order valence-electron chi connectivity index (χ4n) is 1.99. The van der Waals surface area contributed by atoms with Crippen LogP contribution in [0.2, 0.25) is 0 Å². The Bertz CT molecular complexity index is 565. The fourth-order valence-corrected chi connectivity index (χ4v) is 2.36. The predicted molar refractivity (Wildman–Crippen MR) is 89.3 cm³/mol. The highest BCUT2D eigenvalue weighted by Gasteiger charge is 2.08. The highest BCUT2D eigenvalue weighted by atomic mass is 32.2. The molecule has 1 atom stereocenters. The summed E-state index contributed by atoms with van der Waals surface area (Å²) in [6.07, 6.45) is 15.8. The number of hydrogen-bond acceptors (Lipinski definition) is 6. The van der Waals surface area contributed by atoms with Gasteiger partial charge in [0, 0.05) is 6.04 Å². The second kappa shape index (κ2) is 7.83. The van der Waals surface area contributed by atoms with E-state index in [1.807, 2.05) is 6.26 Å². The molecule has 0 aromatic carbocycles. The van der Waals surface area contributed by atoms with Crippen molar-refractivity contribution in [2.45, 2.75) is 37.4 Å². The van der Waals surface area contributed by atoms with Crippen molar-refractivity contribution in [2.75, 3.05) is 17.3 Å². The van der Waals surface area contributed by atoms with E-state index in [4.69, 9.17) is 5.73 Å². The third-order valence-corrected chi connectivity index (χ3v) is 3.65. The molecule has 0 radical (unpaired) electrons. The quantitative estimate of drug-likeness (QED) is 0.786. The summed E-state index contributed by atoms with van der Waals surface area (Å²) in [5.41, 5.74) is 7.02. The van der Waals surface area contributed by atoms with Crippen molar-refractivity contribution in [3.05, 3.63) is 36.0 Å². The smallest absolute Gasteiger partial charge is 0.228 e. The van der Waals surface area contributed by atoms with E-state index in [0.29, 0.717) is 11.1 Å². The summed E-state index contributed by atoms with van der Waals surface area (Å²) in [5.74, 6) is 0.799. The van der Waals surface area contributed by atoms with Gasteiger partial charge in [-0.1, -0.05) is 42.1 Å². The Balaban J connectivity index is 1.89. The molecule has 2 rings (SSSR count). The lowest BCUT2D eigenvalue weighted by molar-refractivity contribution is 0.696. The van der Waals surface area contributed by atoms with E-state index in [0.717, 1.165) is 19.3 Å². The van der Waals surface area contributed by atoms with E-state index in [-0.39, 0.29) is 12.0 Å². The van der Waals surface area contributed by atoms with Gasteiger partial charge in [-0.25, -0.2) is 0 Å². The number of nitrogen functional groups attached to an aromatic ring is 1. The van der Waals surface area contributed by atoms with Crippen LogP contribution in [0.15, 0.2) is 41.1 Å². The number of nitrogens with one attached hydrogen (secondary N) is 1. The highest BCUT2D eigenvalue weighted by molar-refractivity contribution is 7.98. The van der Waals surface area contributed by atoms with E-state index in [1.54, 1.807) is 0 Å². The molecule has 1 unspecified atom stereocenters. The summed E-state index contributed by atoms with van der Waals surface area (Å²) in [4.78, 5) is 12.5. The number of hydrogen-bond donors (Lipinski definition) is 2. The van der Waals surface area contributed by atoms with Crippen LogP contribution in [0, 0.1) is 0 Å². The van der Waals surface area contributed by atoms with Crippen molar-refractivity contribution in [1.29, 1.82) is 0 Å². The van der Waals surface area contributed by atoms with Gasteiger partial charge in [-0.3, -0.25) is 0 Å². The van der Waals surface area contributed by atoms with Crippen LogP contribution in [0.5, 0.6) is 0 Å². The number of allylic oxidation sites excluding steroid dienone is 6. The maximum atomic E-state index is 5.68. The number of aromatic nitrogens is 3. The lowest BCUT2D eigenvalue weighted by Crippen LogP contribution is -2.18. The van der Waals surface area contributed by atoms with Crippen LogP contribution in [-0.4, -0.2) is 27.2 Å². The number of anilines is 2. The van der Waals surface area contributed by atoms with Crippen molar-refractivity contribution in [3.63, 3.8) is 0 Å². The maximum Gasteiger partial charge on any atom is 0.228 e. The first-order valence-electron chi connectivity index (χ1n) is 7.01. The van der Waals surface area contributed by atoms with Gasteiger partial charge in [0.15, 0.2) is 5.16 Å². The summed E-state index contributed by atoms with van der Waals surface area (Å²) < 4.78 is 0. The molecule has 112 valence electrons. The molecule has 0 spiro atoms. The normalized spacial score (nSPS) is 15.4. The van der Waals surface area contributed by atoms with Gasteiger partial charge in [0.25, 0.3) is 0 Å². The highest BCUT2D eigenvalue weighted by Crippen LogP contribution is 2.16. The van der Waals surface area contributed by atoms with Gasteiger partial charge in [-0.2, -0.15) is 15.0 Å². The molecule has 0 saturated heterocycles. The summed E-state index contributed by atoms with van der Waals surface area (Å²) >= 11 is 1.45. The molecule has 1 aromatic heterocycles. The zero-order chi connectivity index (χ0) is 15.1. The standard InChI is InChI=1S/C15H21N5S/c1-11(9-10-12-7-5-3-4-6-8-12)17-14-18-13(16)19-15(20-14)21-2/h3,5-8,11H,4,9-10H2,1-2H3,(H3,16,17,18,19,20). The zero-order valence-corrected chi connectivity index (χ0v) is 13.2. The van der Waals surface area contributed by atoms with Gasteiger partial charge >= 0.3 is 0 Å². The molecule has 0 fully saturated rings. The van der Waals surface area contributed by atoms with Crippen LogP contribution in [0.4, 0.5) is 11.9 Å². The van der Waals surface area contributed by atoms with Crippen LogP contribution >= 0.6 is 11.8 Å². The molecule has 21 heavy (non-hydrogen) atoms. The summed E-state index contributed by atoms with van der Waals surface area (Å²) in [5, 5.41) is 3.92. The topological polar surface area (TPSA) is 76.7 Å². The van der Waals surface area contributed by atoms with E-state index in [1.165, 1.54) is 17.3 Å². The average Bonchev–Trinajstić information content (AvgIpc) is 2.73. The minimum atomic E-state index is 0.253. The molecule has 3 N–H and O–H groups in total. The summed E-state index contributed by atoms with van der Waals surface area (Å²) in [6.45, 7) is 2.12. The molecular weight excluding hydrogens is 282 g/mol. The second-order valence-corrected chi connectivity index (χ2v) is 5.67. The Kier molecular flexibility index (Phi) is 5.80. The van der Waals surface area contributed by atoms with Gasteiger partial charge in [-0.15, -0.1) is 0 Å². The van der Waals surface area contributed by atoms with E-state index in [2.05, 4.69) is 57.6 Å². The zero-order valence-electron chi connectivity index (χ0n) is 12.4. The van der Waals surface area contributed by atoms with Crippen molar-refractivity contribution in [1.82, 2.24) is 15.0 Å². The first-order valence-corrected chi connectivity index (χ1v) is 8.24. The monoisotopic (exact) mass is 303 g/mol. The molecule has 0 amide bonds. The number of rotatable bonds is 6. The molecular formula is C15H21N5S. The first kappa shape index (κ1) is 15.6. The van der Waals surface area contributed by atoms with Crippen LogP contribution in [-0.2, 0) is 0 Å². The Labute approximate surface area is 129 Å². The van der Waals surface area contributed by atoms with Crippen molar-refractivity contribution >= 4 is 23.7 Å². The first-order chi connectivity index (χ1) is 10.2. The molecule has 1 aromatic rings. The summed E-state index contributed by atoms with van der Waals surface area (Å²) in [6, 6.07) is 0.267. The molecule has 0 aliphatic heterocycles. The Hall–Kier alpha value is -1.82. The third kappa shape index (κ3) is 5.23. The van der Waals surface area contributed by atoms with Crippen LogP contribution < -0.4 is 11.1 Å².